The fourth-order valence-electron chi connectivity index (χ4n) is 1.56. The summed E-state index contributed by atoms with van der Waals surface area (Å²) in [5, 5.41) is 0. The van der Waals surface area contributed by atoms with Crippen molar-refractivity contribution in [3.8, 4) is 0 Å². The summed E-state index contributed by atoms with van der Waals surface area (Å²) in [7, 11) is 0. The zero-order valence-corrected chi connectivity index (χ0v) is 11.0. The van der Waals surface area contributed by atoms with Crippen LogP contribution < -0.4 is 5.73 Å². The van der Waals surface area contributed by atoms with Crippen LogP contribution in [0.5, 0.6) is 0 Å². The van der Waals surface area contributed by atoms with Gasteiger partial charge in [-0.25, -0.2) is 0 Å². The van der Waals surface area contributed by atoms with Gasteiger partial charge in [-0.2, -0.15) is 0 Å². The number of rotatable bonds is 3. The minimum absolute atomic E-state index is 0.583. The van der Waals surface area contributed by atoms with E-state index in [1.165, 1.54) is 11.1 Å². The molecule has 0 fully saturated rings. The van der Waals surface area contributed by atoms with Crippen LogP contribution in [-0.2, 0) is 0 Å². The summed E-state index contributed by atoms with van der Waals surface area (Å²) in [6.45, 7) is 12.9. The standard InChI is InChI=1S/C12H18.C3H7N/c1-9(2)11-7-5-6-8-12(11)10(3)4;1-2-3-4/h5-10H,1-4H3;2H,1,3-4H2. The van der Waals surface area contributed by atoms with Crippen LogP contribution in [0.25, 0.3) is 0 Å². The fourth-order valence-corrected chi connectivity index (χ4v) is 1.56. The summed E-state index contributed by atoms with van der Waals surface area (Å²) in [4.78, 5) is 0. The van der Waals surface area contributed by atoms with Gasteiger partial charge in [0, 0.05) is 6.54 Å². The van der Waals surface area contributed by atoms with E-state index < -0.39 is 0 Å². The van der Waals surface area contributed by atoms with Crippen LogP contribution in [0.1, 0.15) is 50.7 Å². The Labute approximate surface area is 100 Å². The molecule has 90 valence electrons. The molecule has 0 radical (unpaired) electrons. The molecule has 0 aromatic heterocycles. The van der Waals surface area contributed by atoms with Crippen molar-refractivity contribution in [2.45, 2.75) is 39.5 Å². The van der Waals surface area contributed by atoms with Crippen LogP contribution in [0.3, 0.4) is 0 Å². The van der Waals surface area contributed by atoms with Crippen LogP contribution >= 0.6 is 0 Å². The van der Waals surface area contributed by atoms with Gasteiger partial charge in [-0.3, -0.25) is 0 Å². The van der Waals surface area contributed by atoms with Crippen molar-refractivity contribution >= 4 is 0 Å². The third-order valence-corrected chi connectivity index (χ3v) is 2.41. The second-order valence-corrected chi connectivity index (χ2v) is 4.46. The number of hydrogen-bond acceptors (Lipinski definition) is 1. The average molecular weight is 219 g/mol. The van der Waals surface area contributed by atoms with Gasteiger partial charge in [-0.15, -0.1) is 6.58 Å². The molecule has 0 unspecified atom stereocenters. The van der Waals surface area contributed by atoms with Gasteiger partial charge in [-0.05, 0) is 23.0 Å². The molecule has 1 aromatic carbocycles. The summed E-state index contributed by atoms with van der Waals surface area (Å²) in [6, 6.07) is 8.72. The van der Waals surface area contributed by atoms with E-state index in [1.54, 1.807) is 6.08 Å². The molecular formula is C15H25N. The van der Waals surface area contributed by atoms with Gasteiger partial charge in [-0.1, -0.05) is 58.0 Å². The fraction of sp³-hybridized carbons (Fsp3) is 0.467. The van der Waals surface area contributed by atoms with Gasteiger partial charge < -0.3 is 5.73 Å². The molecule has 0 saturated carbocycles. The van der Waals surface area contributed by atoms with E-state index in [4.69, 9.17) is 5.73 Å². The number of hydrogen-bond donors (Lipinski definition) is 1. The molecule has 0 atom stereocenters. The van der Waals surface area contributed by atoms with E-state index in [9.17, 15) is 0 Å². The first-order chi connectivity index (χ1) is 7.54. The normalized spacial score (nSPS) is 9.94. The quantitative estimate of drug-likeness (QED) is 0.762. The van der Waals surface area contributed by atoms with E-state index in [0.29, 0.717) is 18.4 Å². The van der Waals surface area contributed by atoms with Crippen molar-refractivity contribution in [2.24, 2.45) is 5.73 Å². The van der Waals surface area contributed by atoms with Gasteiger partial charge in [0.05, 0.1) is 0 Å². The Morgan fingerprint density at radius 1 is 1.06 bits per heavy atom. The summed E-state index contributed by atoms with van der Waals surface area (Å²) in [6.07, 6.45) is 1.65. The highest BCUT2D eigenvalue weighted by molar-refractivity contribution is 5.31. The lowest BCUT2D eigenvalue weighted by Gasteiger charge is -2.14. The zero-order valence-electron chi connectivity index (χ0n) is 11.0. The Balaban J connectivity index is 0.000000487. The largest absolute Gasteiger partial charge is 0.327 e. The van der Waals surface area contributed by atoms with Gasteiger partial charge >= 0.3 is 0 Å². The van der Waals surface area contributed by atoms with E-state index in [2.05, 4.69) is 58.5 Å². The lowest BCUT2D eigenvalue weighted by atomic mass is 9.91. The van der Waals surface area contributed by atoms with Crippen molar-refractivity contribution in [2.75, 3.05) is 6.54 Å². The lowest BCUT2D eigenvalue weighted by molar-refractivity contribution is 0.790. The Hall–Kier alpha value is -1.08. The molecular weight excluding hydrogens is 194 g/mol. The second kappa shape index (κ2) is 8.12. The van der Waals surface area contributed by atoms with E-state index in [0.717, 1.165) is 0 Å². The third kappa shape index (κ3) is 5.13. The Morgan fingerprint density at radius 2 is 1.38 bits per heavy atom. The first kappa shape index (κ1) is 14.9. The molecule has 0 aliphatic heterocycles. The van der Waals surface area contributed by atoms with Crippen molar-refractivity contribution in [3.05, 3.63) is 48.0 Å². The molecule has 0 spiro atoms. The van der Waals surface area contributed by atoms with Gasteiger partial charge in [0.2, 0.25) is 0 Å². The molecule has 1 rings (SSSR count). The van der Waals surface area contributed by atoms with E-state index >= 15 is 0 Å². The van der Waals surface area contributed by atoms with Crippen LogP contribution in [0, 0.1) is 0 Å². The first-order valence-electron chi connectivity index (χ1n) is 5.94. The summed E-state index contributed by atoms with van der Waals surface area (Å²) >= 11 is 0. The lowest BCUT2D eigenvalue weighted by Crippen LogP contribution is -1.97. The van der Waals surface area contributed by atoms with Gasteiger partial charge in [0.15, 0.2) is 0 Å². The highest BCUT2D eigenvalue weighted by Crippen LogP contribution is 2.25. The summed E-state index contributed by atoms with van der Waals surface area (Å²) in [5.41, 5.74) is 7.90. The van der Waals surface area contributed by atoms with Crippen LogP contribution in [0.4, 0.5) is 0 Å². The minimum Gasteiger partial charge on any atom is -0.327 e. The smallest absolute Gasteiger partial charge is 0.0104 e. The molecule has 0 aliphatic rings. The zero-order chi connectivity index (χ0) is 12.6. The summed E-state index contributed by atoms with van der Waals surface area (Å²) < 4.78 is 0. The molecule has 1 nitrogen and oxygen atoms in total. The Bertz CT molecular complexity index is 273. The number of nitrogens with two attached hydrogens (primary N) is 1. The molecule has 0 bridgehead atoms. The van der Waals surface area contributed by atoms with Gasteiger partial charge in [0.1, 0.15) is 0 Å². The summed E-state index contributed by atoms with van der Waals surface area (Å²) in [5.74, 6) is 1.28. The van der Waals surface area contributed by atoms with Crippen molar-refractivity contribution in [3.63, 3.8) is 0 Å². The predicted molar refractivity (Wildman–Crippen MR) is 73.9 cm³/mol. The van der Waals surface area contributed by atoms with Crippen molar-refractivity contribution in [1.82, 2.24) is 0 Å². The molecule has 2 N–H and O–H groups in total. The average Bonchev–Trinajstić information content (AvgIpc) is 2.29. The molecule has 0 saturated heterocycles. The van der Waals surface area contributed by atoms with Crippen molar-refractivity contribution < 1.29 is 0 Å². The van der Waals surface area contributed by atoms with Crippen molar-refractivity contribution in [1.29, 1.82) is 0 Å². The topological polar surface area (TPSA) is 26.0 Å². The molecule has 1 heteroatoms. The van der Waals surface area contributed by atoms with E-state index in [-0.39, 0.29) is 0 Å². The highest BCUT2D eigenvalue weighted by atomic mass is 14.5. The predicted octanol–water partition coefficient (Wildman–Crippen LogP) is 4.06. The highest BCUT2D eigenvalue weighted by Gasteiger charge is 2.07. The Morgan fingerprint density at radius 3 is 1.56 bits per heavy atom. The maximum Gasteiger partial charge on any atom is 0.0104 e. The van der Waals surface area contributed by atoms with Crippen LogP contribution in [0.15, 0.2) is 36.9 Å². The molecule has 16 heavy (non-hydrogen) atoms. The SMILES string of the molecule is C=CCN.CC(C)c1ccccc1C(C)C. The molecule has 0 amide bonds. The minimum atomic E-state index is 0.583. The monoisotopic (exact) mass is 219 g/mol. The van der Waals surface area contributed by atoms with Gasteiger partial charge in [0.25, 0.3) is 0 Å². The molecule has 0 heterocycles. The maximum absolute atomic E-state index is 4.91. The van der Waals surface area contributed by atoms with Crippen LogP contribution in [0.2, 0.25) is 0 Å². The first-order valence-corrected chi connectivity index (χ1v) is 5.94. The second-order valence-electron chi connectivity index (χ2n) is 4.46. The molecule has 0 aliphatic carbocycles. The third-order valence-electron chi connectivity index (χ3n) is 2.41. The van der Waals surface area contributed by atoms with E-state index in [1.807, 2.05) is 0 Å². The molecule has 1 aromatic rings. The Kier molecular flexibility index (Phi) is 7.57. The maximum atomic E-state index is 4.91. The number of benzene rings is 1. The van der Waals surface area contributed by atoms with Crippen LogP contribution in [-0.4, -0.2) is 6.54 Å².